The van der Waals surface area contributed by atoms with Crippen molar-refractivity contribution in [2.24, 2.45) is 17.8 Å². The second-order valence-electron chi connectivity index (χ2n) is 7.03. The molecule has 24 heavy (non-hydrogen) atoms. The van der Waals surface area contributed by atoms with E-state index >= 15 is 0 Å². The topological polar surface area (TPSA) is 35.5 Å². The van der Waals surface area contributed by atoms with Crippen LogP contribution in [0, 0.1) is 23.6 Å². The minimum absolute atomic E-state index is 0.104. The highest BCUT2D eigenvalue weighted by atomic mass is 19.1. The fourth-order valence-electron chi connectivity index (χ4n) is 5.09. The normalized spacial score (nSPS) is 35.9. The van der Waals surface area contributed by atoms with Crippen LogP contribution in [-0.2, 0) is 19.7 Å². The molecule has 4 rings (SSSR count). The number of rotatable bonds is 2. The lowest BCUT2D eigenvalue weighted by Crippen LogP contribution is -2.40. The average molecular weight is 328 g/mol. The van der Waals surface area contributed by atoms with E-state index in [2.05, 4.69) is 25.2 Å². The Labute approximate surface area is 141 Å². The molecule has 0 aliphatic heterocycles. The molecule has 4 heteroatoms. The summed E-state index contributed by atoms with van der Waals surface area (Å²) in [4.78, 5) is 12.3. The Bertz CT molecular complexity index is 766. The highest BCUT2D eigenvalue weighted by molar-refractivity contribution is 5.90. The lowest BCUT2D eigenvalue weighted by atomic mass is 9.61. The summed E-state index contributed by atoms with van der Waals surface area (Å²) in [6.45, 7) is 2.13. The molecule has 126 valence electrons. The molecule has 5 atom stereocenters. The molecular formula is C20H21FO3. The number of hydrogen-bond donors (Lipinski definition) is 0. The molecule has 0 fully saturated rings. The largest absolute Gasteiger partial charge is 0.466 e. The third kappa shape index (κ3) is 1.83. The van der Waals surface area contributed by atoms with Crippen molar-refractivity contribution in [3.05, 3.63) is 58.9 Å². The van der Waals surface area contributed by atoms with Crippen LogP contribution in [0.4, 0.5) is 4.39 Å². The van der Waals surface area contributed by atoms with Crippen molar-refractivity contribution >= 4 is 5.97 Å². The van der Waals surface area contributed by atoms with E-state index < -0.39 is 0 Å². The zero-order valence-corrected chi connectivity index (χ0v) is 14.1. The molecule has 0 saturated heterocycles. The number of hydrogen-bond acceptors (Lipinski definition) is 3. The quantitative estimate of drug-likeness (QED) is 0.613. The van der Waals surface area contributed by atoms with E-state index in [1.54, 1.807) is 13.2 Å². The predicted molar refractivity (Wildman–Crippen MR) is 87.8 cm³/mol. The van der Waals surface area contributed by atoms with Gasteiger partial charge < -0.3 is 9.47 Å². The predicted octanol–water partition coefficient (Wildman–Crippen LogP) is 3.71. The SMILES string of the molecule is COC(=O)C1=C[C@@]2(c3ccc(F)cc3[C@@H](OC)[C@@H]2C)[C@H]2C=C[C@@H]1C2. The van der Waals surface area contributed by atoms with E-state index in [1.807, 2.05) is 6.07 Å². The van der Waals surface area contributed by atoms with Gasteiger partial charge in [-0.15, -0.1) is 0 Å². The van der Waals surface area contributed by atoms with Crippen LogP contribution in [0.5, 0.6) is 0 Å². The zero-order chi connectivity index (χ0) is 17.1. The molecule has 0 aromatic heterocycles. The summed E-state index contributed by atoms with van der Waals surface area (Å²) in [5, 5.41) is 0. The van der Waals surface area contributed by atoms with Crippen LogP contribution in [0.1, 0.15) is 30.6 Å². The van der Waals surface area contributed by atoms with Crippen molar-refractivity contribution in [1.82, 2.24) is 0 Å². The maximum Gasteiger partial charge on any atom is 0.334 e. The van der Waals surface area contributed by atoms with E-state index in [4.69, 9.17) is 9.47 Å². The standard InChI is InChI=1S/C20H21FO3/c1-11-18(23-2)15-9-14(21)6-7-17(15)20(11)10-16(19(22)24-3)12-4-5-13(20)8-12/h4-7,9-13,18H,8H2,1-3H3/t11-,12+,13-,18-,20-/m0/s1. The first-order valence-corrected chi connectivity index (χ1v) is 8.35. The van der Waals surface area contributed by atoms with Gasteiger partial charge in [0.15, 0.2) is 0 Å². The third-order valence-electron chi connectivity index (χ3n) is 6.16. The fourth-order valence-corrected chi connectivity index (χ4v) is 5.09. The average Bonchev–Trinajstić information content (AvgIpc) is 3.09. The zero-order valence-electron chi connectivity index (χ0n) is 14.1. The number of ether oxygens (including phenoxy) is 2. The summed E-state index contributed by atoms with van der Waals surface area (Å²) in [7, 11) is 3.08. The first-order valence-electron chi connectivity index (χ1n) is 8.35. The van der Waals surface area contributed by atoms with Gasteiger partial charge >= 0.3 is 5.97 Å². The van der Waals surface area contributed by atoms with Gasteiger partial charge in [-0.25, -0.2) is 9.18 Å². The van der Waals surface area contributed by atoms with E-state index in [-0.39, 0.29) is 41.1 Å². The Morgan fingerprint density at radius 1 is 1.29 bits per heavy atom. The van der Waals surface area contributed by atoms with Gasteiger partial charge in [-0.2, -0.15) is 0 Å². The highest BCUT2D eigenvalue weighted by Gasteiger charge is 2.56. The smallest absolute Gasteiger partial charge is 0.334 e. The van der Waals surface area contributed by atoms with Crippen molar-refractivity contribution in [2.45, 2.75) is 24.9 Å². The molecule has 0 amide bonds. The van der Waals surface area contributed by atoms with Gasteiger partial charge in [0, 0.05) is 29.9 Å². The first-order chi connectivity index (χ1) is 11.5. The van der Waals surface area contributed by atoms with Crippen molar-refractivity contribution in [1.29, 1.82) is 0 Å². The molecule has 3 aliphatic carbocycles. The lowest BCUT2D eigenvalue weighted by Gasteiger charge is -2.42. The lowest BCUT2D eigenvalue weighted by molar-refractivity contribution is -0.136. The summed E-state index contributed by atoms with van der Waals surface area (Å²) >= 11 is 0. The molecule has 1 spiro atoms. The van der Waals surface area contributed by atoms with Gasteiger partial charge in [-0.1, -0.05) is 31.2 Å². The van der Waals surface area contributed by atoms with Crippen LogP contribution in [0.15, 0.2) is 42.0 Å². The number of methoxy groups -OCH3 is 2. The molecule has 0 saturated carbocycles. The Morgan fingerprint density at radius 3 is 2.79 bits per heavy atom. The molecule has 0 radical (unpaired) electrons. The fraction of sp³-hybridized carbons (Fsp3) is 0.450. The van der Waals surface area contributed by atoms with Gasteiger partial charge in [-0.05, 0) is 35.6 Å². The van der Waals surface area contributed by atoms with Crippen LogP contribution in [0.2, 0.25) is 0 Å². The Hall–Kier alpha value is -1.94. The Balaban J connectivity index is 1.97. The van der Waals surface area contributed by atoms with Crippen LogP contribution >= 0.6 is 0 Å². The number of allylic oxidation sites excluding steroid dienone is 3. The van der Waals surface area contributed by atoms with Gasteiger partial charge in [0.05, 0.1) is 13.2 Å². The first kappa shape index (κ1) is 15.6. The third-order valence-corrected chi connectivity index (χ3v) is 6.16. The summed E-state index contributed by atoms with van der Waals surface area (Å²) < 4.78 is 24.6. The van der Waals surface area contributed by atoms with Crippen LogP contribution < -0.4 is 0 Å². The Kier molecular flexibility index (Phi) is 3.43. The van der Waals surface area contributed by atoms with Crippen molar-refractivity contribution < 1.29 is 18.7 Å². The molecule has 0 N–H and O–H groups in total. The van der Waals surface area contributed by atoms with E-state index in [0.29, 0.717) is 5.57 Å². The minimum Gasteiger partial charge on any atom is -0.466 e. The van der Waals surface area contributed by atoms with Crippen LogP contribution in [0.25, 0.3) is 0 Å². The van der Waals surface area contributed by atoms with E-state index in [9.17, 15) is 9.18 Å². The molecule has 0 unspecified atom stereocenters. The summed E-state index contributed by atoms with van der Waals surface area (Å²) in [6, 6.07) is 4.94. The molecule has 1 aromatic carbocycles. The number of benzene rings is 1. The van der Waals surface area contributed by atoms with Gasteiger partial charge in [-0.3, -0.25) is 0 Å². The molecule has 1 aromatic rings. The van der Waals surface area contributed by atoms with Crippen LogP contribution in [-0.4, -0.2) is 20.2 Å². The number of halogens is 1. The highest BCUT2D eigenvalue weighted by Crippen LogP contribution is 2.61. The molecule has 3 aliphatic rings. The number of carbonyl (C=O) groups is 1. The Morgan fingerprint density at radius 2 is 2.08 bits per heavy atom. The van der Waals surface area contributed by atoms with E-state index in [1.165, 1.54) is 13.2 Å². The summed E-state index contributed by atoms with van der Waals surface area (Å²) in [5.41, 5.74) is 2.32. The molecular weight excluding hydrogens is 307 g/mol. The van der Waals surface area contributed by atoms with Gasteiger partial charge in [0.1, 0.15) is 5.82 Å². The van der Waals surface area contributed by atoms with Gasteiger partial charge in [0.25, 0.3) is 0 Å². The molecule has 2 bridgehead atoms. The van der Waals surface area contributed by atoms with Gasteiger partial charge in [0.2, 0.25) is 0 Å². The van der Waals surface area contributed by atoms with E-state index in [0.717, 1.165) is 17.5 Å². The maximum atomic E-state index is 13.8. The second-order valence-corrected chi connectivity index (χ2v) is 7.03. The molecule has 0 heterocycles. The van der Waals surface area contributed by atoms with Crippen molar-refractivity contribution in [3.63, 3.8) is 0 Å². The number of esters is 1. The molecule has 3 nitrogen and oxygen atoms in total. The van der Waals surface area contributed by atoms with Crippen molar-refractivity contribution in [2.75, 3.05) is 14.2 Å². The second kappa shape index (κ2) is 5.28. The van der Waals surface area contributed by atoms with Crippen molar-refractivity contribution in [3.8, 4) is 0 Å². The van der Waals surface area contributed by atoms with Crippen LogP contribution in [0.3, 0.4) is 0 Å². The number of carbonyl (C=O) groups excluding carboxylic acids is 1. The summed E-state index contributed by atoms with van der Waals surface area (Å²) in [6.07, 6.45) is 7.10. The number of fused-ring (bicyclic) bond motifs is 5. The summed E-state index contributed by atoms with van der Waals surface area (Å²) in [5.74, 6) is -0.0253. The maximum absolute atomic E-state index is 13.8. The minimum atomic E-state index is -0.350. The monoisotopic (exact) mass is 328 g/mol.